The van der Waals surface area contributed by atoms with Gasteiger partial charge in [-0.1, -0.05) is 6.07 Å². The molecule has 0 bridgehead atoms. The number of aromatic nitrogens is 1. The zero-order chi connectivity index (χ0) is 8.27. The molecule has 1 aromatic rings. The Balaban J connectivity index is 2.81. The van der Waals surface area contributed by atoms with Crippen LogP contribution in [0.15, 0.2) is 18.3 Å². The quantitative estimate of drug-likeness (QED) is 0.611. The van der Waals surface area contributed by atoms with E-state index in [9.17, 15) is 0 Å². The highest BCUT2D eigenvalue weighted by molar-refractivity contribution is 14.1. The molecule has 1 aromatic heterocycles. The number of nitrogens with zero attached hydrogens (tertiary/aromatic N) is 1. The summed E-state index contributed by atoms with van der Waals surface area (Å²) in [5.41, 5.74) is 0.646. The smallest absolute Gasteiger partial charge is 0.104 e. The predicted octanol–water partition coefficient (Wildman–Crippen LogP) is 0.712. The number of aliphatic hydroxyl groups is 2. The molecule has 0 saturated carbocycles. The summed E-state index contributed by atoms with van der Waals surface area (Å²) in [4.78, 5) is 3.96. The van der Waals surface area contributed by atoms with Gasteiger partial charge in [0.15, 0.2) is 0 Å². The maximum atomic E-state index is 9.13. The van der Waals surface area contributed by atoms with Crippen LogP contribution in [-0.4, -0.2) is 21.8 Å². The fraction of sp³-hybridized carbons (Fsp3) is 0.286. The lowest BCUT2D eigenvalue weighted by Gasteiger charge is -2.05. The van der Waals surface area contributed by atoms with Crippen LogP contribution in [0, 0.1) is 3.70 Å². The first-order chi connectivity index (χ1) is 5.24. The zero-order valence-electron chi connectivity index (χ0n) is 5.74. The van der Waals surface area contributed by atoms with Gasteiger partial charge in [0.1, 0.15) is 9.80 Å². The summed E-state index contributed by atoms with van der Waals surface area (Å²) in [5.74, 6) is 0. The first-order valence-corrected chi connectivity index (χ1v) is 4.22. The molecule has 1 rings (SSSR count). The molecule has 0 radical (unpaired) electrons. The van der Waals surface area contributed by atoms with Gasteiger partial charge in [-0.15, -0.1) is 0 Å². The minimum atomic E-state index is -0.806. The molecule has 0 aliphatic carbocycles. The monoisotopic (exact) mass is 265 g/mol. The van der Waals surface area contributed by atoms with Crippen molar-refractivity contribution >= 4 is 22.6 Å². The Kier molecular flexibility index (Phi) is 3.22. The van der Waals surface area contributed by atoms with Crippen LogP contribution >= 0.6 is 22.6 Å². The molecular weight excluding hydrogens is 257 g/mol. The maximum Gasteiger partial charge on any atom is 0.104 e. The van der Waals surface area contributed by atoms with Crippen LogP contribution in [-0.2, 0) is 0 Å². The maximum absolute atomic E-state index is 9.13. The van der Waals surface area contributed by atoms with Crippen molar-refractivity contribution in [3.63, 3.8) is 0 Å². The predicted molar refractivity (Wildman–Crippen MR) is 49.0 cm³/mol. The van der Waals surface area contributed by atoms with Crippen LogP contribution in [0.25, 0.3) is 0 Å². The average molecular weight is 265 g/mol. The Labute approximate surface area is 78.2 Å². The van der Waals surface area contributed by atoms with Crippen molar-refractivity contribution in [2.75, 3.05) is 6.61 Å². The van der Waals surface area contributed by atoms with Gasteiger partial charge in [-0.3, -0.25) is 0 Å². The molecule has 1 heterocycles. The lowest BCUT2D eigenvalue weighted by Crippen LogP contribution is -2.02. The van der Waals surface area contributed by atoms with E-state index in [1.165, 1.54) is 0 Å². The number of halogens is 1. The third kappa shape index (κ3) is 2.39. The van der Waals surface area contributed by atoms with Crippen LogP contribution in [0.2, 0.25) is 0 Å². The van der Waals surface area contributed by atoms with Gasteiger partial charge in [-0.25, -0.2) is 4.98 Å². The molecule has 1 atom stereocenters. The molecule has 0 aliphatic heterocycles. The Hall–Kier alpha value is -0.200. The van der Waals surface area contributed by atoms with Gasteiger partial charge in [-0.05, 0) is 28.7 Å². The van der Waals surface area contributed by atoms with E-state index in [1.807, 2.05) is 0 Å². The molecule has 11 heavy (non-hydrogen) atoms. The summed E-state index contributed by atoms with van der Waals surface area (Å²) in [6, 6.07) is 3.53. The fourth-order valence-corrected chi connectivity index (χ4v) is 1.01. The van der Waals surface area contributed by atoms with Crippen molar-refractivity contribution in [2.45, 2.75) is 6.10 Å². The highest BCUT2D eigenvalue weighted by Crippen LogP contribution is 2.11. The van der Waals surface area contributed by atoms with Crippen LogP contribution in [0.3, 0.4) is 0 Å². The molecule has 0 aromatic carbocycles. The fourth-order valence-electron chi connectivity index (χ4n) is 0.690. The van der Waals surface area contributed by atoms with Crippen LogP contribution < -0.4 is 0 Å². The number of aliphatic hydroxyl groups excluding tert-OH is 2. The summed E-state index contributed by atoms with van der Waals surface area (Å²) in [5, 5.41) is 17.7. The first-order valence-electron chi connectivity index (χ1n) is 3.14. The summed E-state index contributed by atoms with van der Waals surface area (Å²) >= 11 is 2.08. The van der Waals surface area contributed by atoms with Gasteiger partial charge in [-0.2, -0.15) is 0 Å². The Morgan fingerprint density at radius 2 is 2.27 bits per heavy atom. The molecule has 0 unspecified atom stereocenters. The van der Waals surface area contributed by atoms with E-state index < -0.39 is 6.10 Å². The van der Waals surface area contributed by atoms with Crippen LogP contribution in [0.1, 0.15) is 11.7 Å². The summed E-state index contributed by atoms with van der Waals surface area (Å²) in [7, 11) is 0. The Morgan fingerprint density at radius 3 is 2.73 bits per heavy atom. The second-order valence-electron chi connectivity index (χ2n) is 2.11. The molecule has 0 spiro atoms. The minimum absolute atomic E-state index is 0.262. The molecule has 3 nitrogen and oxygen atoms in total. The van der Waals surface area contributed by atoms with Crippen molar-refractivity contribution in [1.82, 2.24) is 4.98 Å². The number of pyridine rings is 1. The van der Waals surface area contributed by atoms with Crippen LogP contribution in [0.4, 0.5) is 0 Å². The molecule has 60 valence electrons. The lowest BCUT2D eigenvalue weighted by atomic mass is 10.2. The molecule has 0 saturated heterocycles. The molecule has 0 fully saturated rings. The van der Waals surface area contributed by atoms with E-state index in [4.69, 9.17) is 10.2 Å². The van der Waals surface area contributed by atoms with Crippen molar-refractivity contribution in [3.05, 3.63) is 27.6 Å². The molecular formula is C7H8INO2. The third-order valence-corrected chi connectivity index (χ3v) is 1.95. The highest BCUT2D eigenvalue weighted by Gasteiger charge is 2.04. The van der Waals surface area contributed by atoms with Crippen LogP contribution in [0.5, 0.6) is 0 Å². The van der Waals surface area contributed by atoms with Gasteiger partial charge in [0, 0.05) is 11.8 Å². The van der Waals surface area contributed by atoms with Gasteiger partial charge >= 0.3 is 0 Å². The number of rotatable bonds is 2. The number of hydrogen-bond acceptors (Lipinski definition) is 3. The van der Waals surface area contributed by atoms with Crippen molar-refractivity contribution in [1.29, 1.82) is 0 Å². The third-order valence-electron chi connectivity index (χ3n) is 1.31. The molecule has 4 heteroatoms. The van der Waals surface area contributed by atoms with Gasteiger partial charge in [0.2, 0.25) is 0 Å². The topological polar surface area (TPSA) is 53.4 Å². The zero-order valence-corrected chi connectivity index (χ0v) is 7.89. The number of hydrogen-bond donors (Lipinski definition) is 2. The normalized spacial score (nSPS) is 13.0. The van der Waals surface area contributed by atoms with E-state index in [0.29, 0.717) is 5.56 Å². The lowest BCUT2D eigenvalue weighted by molar-refractivity contribution is 0.0953. The Morgan fingerprint density at radius 1 is 1.55 bits per heavy atom. The summed E-state index contributed by atoms with van der Waals surface area (Å²) in [6.07, 6.45) is 0.752. The second-order valence-corrected chi connectivity index (χ2v) is 3.22. The second kappa shape index (κ2) is 3.99. The largest absolute Gasteiger partial charge is 0.393 e. The summed E-state index contributed by atoms with van der Waals surface area (Å²) in [6.45, 7) is -0.262. The first kappa shape index (κ1) is 8.89. The van der Waals surface area contributed by atoms with E-state index in [2.05, 4.69) is 27.6 Å². The van der Waals surface area contributed by atoms with Crippen molar-refractivity contribution < 1.29 is 10.2 Å². The van der Waals surface area contributed by atoms with Gasteiger partial charge in [0.05, 0.1) is 6.61 Å². The molecule has 2 N–H and O–H groups in total. The standard InChI is InChI=1S/C7H8INO2/c8-7-2-1-5(3-9-7)6(11)4-10/h1-3,6,10-11H,4H2/t6-/m0/s1. The highest BCUT2D eigenvalue weighted by atomic mass is 127. The Bertz CT molecular complexity index is 224. The average Bonchev–Trinajstić information content (AvgIpc) is 2.05. The van der Waals surface area contributed by atoms with Gasteiger partial charge < -0.3 is 10.2 Å². The van der Waals surface area contributed by atoms with Crippen molar-refractivity contribution in [2.24, 2.45) is 0 Å². The van der Waals surface area contributed by atoms with E-state index in [0.717, 1.165) is 3.70 Å². The summed E-state index contributed by atoms with van der Waals surface area (Å²) < 4.78 is 0.872. The molecule has 0 aliphatic rings. The van der Waals surface area contributed by atoms with E-state index >= 15 is 0 Å². The van der Waals surface area contributed by atoms with E-state index in [-0.39, 0.29) is 6.61 Å². The van der Waals surface area contributed by atoms with Crippen molar-refractivity contribution in [3.8, 4) is 0 Å². The SMILES string of the molecule is OC[C@H](O)c1ccc(I)nc1. The minimum Gasteiger partial charge on any atom is -0.393 e. The molecule has 0 amide bonds. The van der Waals surface area contributed by atoms with Gasteiger partial charge in [0.25, 0.3) is 0 Å². The van der Waals surface area contributed by atoms with E-state index in [1.54, 1.807) is 18.3 Å².